The molecule has 0 aromatic heterocycles. The third-order valence-electron chi connectivity index (χ3n) is 4.97. The molecule has 2 aliphatic carbocycles. The van der Waals surface area contributed by atoms with Gasteiger partial charge in [-0.1, -0.05) is 47.5 Å². The van der Waals surface area contributed by atoms with E-state index in [0.29, 0.717) is 0 Å². The van der Waals surface area contributed by atoms with Gasteiger partial charge >= 0.3 is 0 Å². The van der Waals surface area contributed by atoms with Gasteiger partial charge in [-0.2, -0.15) is 0 Å². The monoisotopic (exact) mass is 210 g/mol. The fraction of sp³-hybridized carbons (Fsp3) is 1.00. The number of rotatable bonds is 3. The van der Waals surface area contributed by atoms with Crippen molar-refractivity contribution in [1.29, 1.82) is 0 Å². The highest BCUT2D eigenvalue weighted by Crippen LogP contribution is 2.54. The van der Waals surface area contributed by atoms with Crippen molar-refractivity contribution in [3.05, 3.63) is 0 Å². The van der Waals surface area contributed by atoms with Gasteiger partial charge in [0.1, 0.15) is 0 Å². The summed E-state index contributed by atoms with van der Waals surface area (Å²) in [6, 6.07) is 0. The molecule has 0 radical (unpaired) electrons. The molecule has 0 N–H and O–H groups in total. The highest BCUT2D eigenvalue weighted by Gasteiger charge is 2.45. The lowest BCUT2D eigenvalue weighted by Gasteiger charge is -2.20. The summed E-state index contributed by atoms with van der Waals surface area (Å²) in [5.74, 6) is 5.43. The van der Waals surface area contributed by atoms with Crippen molar-refractivity contribution in [2.75, 3.05) is 0 Å². The first kappa shape index (κ1) is 13.1. The third kappa shape index (κ3) is 2.40. The molecule has 0 amide bonds. The van der Waals surface area contributed by atoms with Crippen molar-refractivity contribution in [3.63, 3.8) is 0 Å². The molecule has 0 nitrogen and oxygen atoms in total. The van der Waals surface area contributed by atoms with E-state index in [1.165, 1.54) is 19.3 Å². The van der Waals surface area contributed by atoms with Gasteiger partial charge in [-0.3, -0.25) is 0 Å². The zero-order valence-corrected chi connectivity index (χ0v) is 10.1. The minimum atomic E-state index is 0. The number of hydrogen-bond donors (Lipinski definition) is 0. The number of hydrogen-bond acceptors (Lipinski definition) is 0. The van der Waals surface area contributed by atoms with E-state index in [0.717, 1.165) is 29.6 Å². The van der Waals surface area contributed by atoms with Crippen LogP contribution in [0.2, 0.25) is 0 Å². The maximum Gasteiger partial charge on any atom is -0.0352 e. The summed E-state index contributed by atoms with van der Waals surface area (Å²) in [6.45, 7) is 7.23. The molecule has 0 saturated heterocycles. The average Bonchev–Trinajstić information content (AvgIpc) is 2.61. The molecule has 0 spiro atoms. The molecule has 0 heteroatoms. The second-order valence-electron chi connectivity index (χ2n) is 5.84. The smallest absolute Gasteiger partial charge is 0.0352 e. The first-order valence-electron chi connectivity index (χ1n) is 6.76. The van der Waals surface area contributed by atoms with E-state index < -0.39 is 0 Å². The average molecular weight is 210 g/mol. The Hall–Kier alpha value is 0. The number of fused-ring (bicyclic) bond motifs is 1. The Morgan fingerprint density at radius 1 is 1.07 bits per heavy atom. The van der Waals surface area contributed by atoms with Crippen LogP contribution >= 0.6 is 0 Å². The largest absolute Gasteiger partial charge is 0.0776 e. The van der Waals surface area contributed by atoms with Gasteiger partial charge in [-0.15, -0.1) is 0 Å². The van der Waals surface area contributed by atoms with Gasteiger partial charge in [0.25, 0.3) is 0 Å². The van der Waals surface area contributed by atoms with Crippen LogP contribution in [0.15, 0.2) is 0 Å². The van der Waals surface area contributed by atoms with Crippen molar-refractivity contribution >= 4 is 0 Å². The van der Waals surface area contributed by atoms with E-state index >= 15 is 0 Å². The summed E-state index contributed by atoms with van der Waals surface area (Å²) in [5.41, 5.74) is 0. The molecule has 0 bridgehead atoms. The molecular weight excluding hydrogens is 180 g/mol. The van der Waals surface area contributed by atoms with Gasteiger partial charge in [-0.05, 0) is 48.9 Å². The Morgan fingerprint density at radius 2 is 1.80 bits per heavy atom. The van der Waals surface area contributed by atoms with Gasteiger partial charge in [0.05, 0.1) is 0 Å². The van der Waals surface area contributed by atoms with Gasteiger partial charge in [0, 0.05) is 0 Å². The highest BCUT2D eigenvalue weighted by atomic mass is 14.5. The first-order chi connectivity index (χ1) is 6.76. The van der Waals surface area contributed by atoms with Crippen LogP contribution in [0.3, 0.4) is 0 Å². The van der Waals surface area contributed by atoms with E-state index in [-0.39, 0.29) is 7.43 Å². The molecule has 2 aliphatic rings. The Balaban J connectivity index is 0.00000112. The molecule has 15 heavy (non-hydrogen) atoms. The molecule has 0 aromatic rings. The Labute approximate surface area is 96.8 Å². The van der Waals surface area contributed by atoms with Gasteiger partial charge in [-0.25, -0.2) is 0 Å². The van der Waals surface area contributed by atoms with Crippen molar-refractivity contribution < 1.29 is 0 Å². The standard InChI is InChI=1S/C14H26.CH4/c1-4-6-11-8-12-7-10(3)13(5-2)14(12)9-11;/h10-14H,4-9H2,1-3H3;1H4. The van der Waals surface area contributed by atoms with Crippen LogP contribution in [0.4, 0.5) is 0 Å². The minimum Gasteiger partial charge on any atom is -0.0776 e. The summed E-state index contributed by atoms with van der Waals surface area (Å²) in [6.07, 6.45) is 9.01. The van der Waals surface area contributed by atoms with Gasteiger partial charge in [0.2, 0.25) is 0 Å². The van der Waals surface area contributed by atoms with E-state index in [4.69, 9.17) is 0 Å². The second-order valence-corrected chi connectivity index (χ2v) is 5.84. The van der Waals surface area contributed by atoms with Crippen molar-refractivity contribution in [2.45, 2.75) is 66.7 Å². The zero-order valence-electron chi connectivity index (χ0n) is 10.1. The maximum absolute atomic E-state index is 2.49. The molecule has 90 valence electrons. The second kappa shape index (κ2) is 5.37. The van der Waals surface area contributed by atoms with E-state index in [9.17, 15) is 0 Å². The summed E-state index contributed by atoms with van der Waals surface area (Å²) < 4.78 is 0. The summed E-state index contributed by atoms with van der Waals surface area (Å²) >= 11 is 0. The molecule has 0 heterocycles. The van der Waals surface area contributed by atoms with Crippen LogP contribution < -0.4 is 0 Å². The molecule has 5 atom stereocenters. The SMILES string of the molecule is C.CCCC1CC2CC(C)C(CC)C2C1. The topological polar surface area (TPSA) is 0 Å². The van der Waals surface area contributed by atoms with E-state index in [1.807, 2.05) is 0 Å². The maximum atomic E-state index is 2.49. The van der Waals surface area contributed by atoms with Crippen LogP contribution in [-0.2, 0) is 0 Å². The predicted molar refractivity (Wildman–Crippen MR) is 68.9 cm³/mol. The fourth-order valence-electron chi connectivity index (χ4n) is 4.50. The summed E-state index contributed by atoms with van der Waals surface area (Å²) in [7, 11) is 0. The zero-order chi connectivity index (χ0) is 10.1. The predicted octanol–water partition coefficient (Wildman–Crippen LogP) is 5.13. The Bertz CT molecular complexity index is 184. The van der Waals surface area contributed by atoms with Gasteiger partial charge in [0.15, 0.2) is 0 Å². The minimum absolute atomic E-state index is 0. The molecule has 2 rings (SSSR count). The van der Waals surface area contributed by atoms with Crippen LogP contribution in [0, 0.1) is 29.6 Å². The lowest BCUT2D eigenvalue weighted by Crippen LogP contribution is -2.12. The van der Waals surface area contributed by atoms with Crippen molar-refractivity contribution in [1.82, 2.24) is 0 Å². The van der Waals surface area contributed by atoms with Crippen molar-refractivity contribution in [2.24, 2.45) is 29.6 Å². The summed E-state index contributed by atoms with van der Waals surface area (Å²) in [5, 5.41) is 0. The lowest BCUT2D eigenvalue weighted by atomic mass is 9.85. The third-order valence-corrected chi connectivity index (χ3v) is 4.97. The molecular formula is C15H30. The first-order valence-corrected chi connectivity index (χ1v) is 6.76. The molecule has 5 unspecified atom stereocenters. The Morgan fingerprint density at radius 3 is 2.40 bits per heavy atom. The Kier molecular flexibility index (Phi) is 4.67. The lowest BCUT2D eigenvalue weighted by molar-refractivity contribution is 0.290. The molecule has 0 aromatic carbocycles. The highest BCUT2D eigenvalue weighted by molar-refractivity contribution is 4.94. The molecule has 2 saturated carbocycles. The van der Waals surface area contributed by atoms with Crippen LogP contribution in [0.25, 0.3) is 0 Å². The van der Waals surface area contributed by atoms with Crippen LogP contribution in [0.1, 0.15) is 66.7 Å². The summed E-state index contributed by atoms with van der Waals surface area (Å²) in [4.78, 5) is 0. The molecule has 2 fully saturated rings. The van der Waals surface area contributed by atoms with Crippen LogP contribution in [-0.4, -0.2) is 0 Å². The molecule has 0 aliphatic heterocycles. The van der Waals surface area contributed by atoms with Crippen molar-refractivity contribution in [3.8, 4) is 0 Å². The quantitative estimate of drug-likeness (QED) is 0.605. The fourth-order valence-corrected chi connectivity index (χ4v) is 4.50. The van der Waals surface area contributed by atoms with Gasteiger partial charge < -0.3 is 0 Å². The van der Waals surface area contributed by atoms with E-state index in [2.05, 4.69) is 20.8 Å². The van der Waals surface area contributed by atoms with E-state index in [1.54, 1.807) is 19.3 Å². The van der Waals surface area contributed by atoms with Crippen LogP contribution in [0.5, 0.6) is 0 Å². The normalized spacial score (nSPS) is 43.8.